The molecule has 0 aromatic rings. The number of halogens is 1. The van der Waals surface area contributed by atoms with Crippen molar-refractivity contribution in [3.05, 3.63) is 0 Å². The van der Waals surface area contributed by atoms with E-state index in [-0.39, 0.29) is 46.8 Å². The van der Waals surface area contributed by atoms with Gasteiger partial charge in [0.1, 0.15) is 18.3 Å². The van der Waals surface area contributed by atoms with Gasteiger partial charge < -0.3 is 35.3 Å². The second kappa shape index (κ2) is 9.92. The van der Waals surface area contributed by atoms with Crippen LogP contribution in [-0.4, -0.2) is 70.7 Å². The predicted molar refractivity (Wildman–Crippen MR) is 135 cm³/mol. The molecule has 5 fully saturated rings. The number of rotatable bonds is 3. The monoisotopic (exact) mass is 531 g/mol. The Hall–Kier alpha value is -0.480. The van der Waals surface area contributed by atoms with Gasteiger partial charge in [-0.05, 0) is 93.3 Å². The van der Waals surface area contributed by atoms with Crippen molar-refractivity contribution >= 4 is 18.4 Å². The second-order valence-electron chi connectivity index (χ2n) is 12.8. The zero-order chi connectivity index (χ0) is 25.3. The van der Waals surface area contributed by atoms with Crippen molar-refractivity contribution in [2.45, 2.75) is 121 Å². The molecule has 0 radical (unpaired) electrons. The molecule has 1 heterocycles. The summed E-state index contributed by atoms with van der Waals surface area (Å²) in [6.07, 6.45) is 3.50. The lowest BCUT2D eigenvalue weighted by Crippen LogP contribution is -2.67. The minimum absolute atomic E-state index is 0. The molecule has 0 aromatic heterocycles. The van der Waals surface area contributed by atoms with E-state index >= 15 is 0 Å². The van der Waals surface area contributed by atoms with Crippen LogP contribution in [0, 0.1) is 34.5 Å². The van der Waals surface area contributed by atoms with E-state index in [2.05, 4.69) is 13.8 Å². The molecule has 13 atom stereocenters. The zero-order valence-corrected chi connectivity index (χ0v) is 22.9. The molecule has 0 amide bonds. The first-order valence-electron chi connectivity index (χ1n) is 13.7. The maximum Gasteiger partial charge on any atom is 0.309 e. The average Bonchev–Trinajstić information content (AvgIpc) is 3.12. The number of aliphatic hydroxyl groups is 3. The summed E-state index contributed by atoms with van der Waals surface area (Å²) in [6.45, 7) is 6.36. The molecule has 13 unspecified atom stereocenters. The highest BCUT2D eigenvalue weighted by molar-refractivity contribution is 5.85. The van der Waals surface area contributed by atoms with Gasteiger partial charge in [-0.25, -0.2) is 0 Å². The molecule has 8 nitrogen and oxygen atoms in total. The number of hydrogen-bond donors (Lipinski definition) is 4. The molecule has 208 valence electrons. The number of nitrogens with two attached hydrogens (primary N) is 1. The van der Waals surface area contributed by atoms with E-state index in [1.54, 1.807) is 6.92 Å². The number of carbonyl (C=O) groups excluding carboxylic acids is 1. The van der Waals surface area contributed by atoms with Crippen LogP contribution in [0.5, 0.6) is 0 Å². The second-order valence-corrected chi connectivity index (χ2v) is 12.8. The van der Waals surface area contributed by atoms with Crippen LogP contribution < -0.4 is 5.73 Å². The molecule has 4 saturated carbocycles. The Balaban J connectivity index is 0.00000304. The normalized spacial score (nSPS) is 54.4. The largest absolute Gasteiger partial charge is 0.469 e. The van der Waals surface area contributed by atoms with Crippen LogP contribution in [0.1, 0.15) is 78.6 Å². The number of hydrogen-bond acceptors (Lipinski definition) is 8. The lowest BCUT2D eigenvalue weighted by molar-refractivity contribution is -0.309. The van der Waals surface area contributed by atoms with Crippen LogP contribution in [0.2, 0.25) is 0 Å². The number of aliphatic hydroxyl groups excluding tert-OH is 3. The third-order valence-electron chi connectivity index (χ3n) is 11.6. The molecule has 4 aliphatic carbocycles. The summed E-state index contributed by atoms with van der Waals surface area (Å²) in [4.78, 5) is 12.6. The number of esters is 1. The summed E-state index contributed by atoms with van der Waals surface area (Å²) in [5.41, 5.74) is 6.94. The maximum absolute atomic E-state index is 12.6. The fraction of sp³-hybridized carbons (Fsp3) is 0.963. The number of fused-ring (bicyclic) bond motifs is 5. The SMILES string of the molecule is COC(=O)C1CCC2(N)C3CCC4CC(OC5OC(C)C(O)C(O)C5O)CCC4(C)C3CCC12C.Cl. The van der Waals surface area contributed by atoms with Crippen LogP contribution in [0.4, 0.5) is 0 Å². The van der Waals surface area contributed by atoms with Crippen LogP contribution in [-0.2, 0) is 19.0 Å². The van der Waals surface area contributed by atoms with Gasteiger partial charge in [-0.2, -0.15) is 0 Å². The van der Waals surface area contributed by atoms with Crippen molar-refractivity contribution < 1.29 is 34.3 Å². The van der Waals surface area contributed by atoms with E-state index in [0.717, 1.165) is 57.8 Å². The fourth-order valence-corrected chi connectivity index (χ4v) is 9.25. The van der Waals surface area contributed by atoms with Gasteiger partial charge in [-0.1, -0.05) is 13.8 Å². The highest BCUT2D eigenvalue weighted by Gasteiger charge is 2.67. The van der Waals surface area contributed by atoms with E-state index < -0.39 is 30.7 Å². The third kappa shape index (κ3) is 4.05. The Bertz CT molecular complexity index is 832. The highest BCUT2D eigenvalue weighted by atomic mass is 35.5. The van der Waals surface area contributed by atoms with E-state index in [0.29, 0.717) is 17.8 Å². The standard InChI is InChI=1S/C27H45NO7.ClH/c1-14-20(29)21(30)22(31)24(34-14)35-16-7-10-25(2)15(13-16)5-6-18-17(25)8-11-26(3)19(23(32)33-4)9-12-27(18,26)28;/h14-22,24,29-31H,5-13,28H2,1-4H3;1H. The quantitative estimate of drug-likeness (QED) is 0.323. The minimum Gasteiger partial charge on any atom is -0.469 e. The van der Waals surface area contributed by atoms with Crippen molar-refractivity contribution in [3.63, 3.8) is 0 Å². The molecule has 5 aliphatic rings. The van der Waals surface area contributed by atoms with Crippen LogP contribution >= 0.6 is 12.4 Å². The van der Waals surface area contributed by atoms with Crippen molar-refractivity contribution in [3.8, 4) is 0 Å². The molecule has 5 N–H and O–H groups in total. The predicted octanol–water partition coefficient (Wildman–Crippen LogP) is 2.53. The van der Waals surface area contributed by atoms with E-state index in [9.17, 15) is 20.1 Å². The Morgan fingerprint density at radius 2 is 1.67 bits per heavy atom. The lowest BCUT2D eigenvalue weighted by Gasteiger charge is -2.64. The Labute approximate surface area is 221 Å². The fourth-order valence-electron chi connectivity index (χ4n) is 9.25. The summed E-state index contributed by atoms with van der Waals surface area (Å²) < 4.78 is 17.1. The van der Waals surface area contributed by atoms with Crippen LogP contribution in [0.3, 0.4) is 0 Å². The van der Waals surface area contributed by atoms with Crippen molar-refractivity contribution in [2.24, 2.45) is 40.2 Å². The average molecular weight is 532 g/mol. The van der Waals surface area contributed by atoms with Crippen molar-refractivity contribution in [1.82, 2.24) is 0 Å². The molecule has 0 aromatic carbocycles. The number of methoxy groups -OCH3 is 1. The topological polar surface area (TPSA) is 131 Å². The van der Waals surface area contributed by atoms with Gasteiger partial charge in [0.05, 0.1) is 25.2 Å². The van der Waals surface area contributed by atoms with Gasteiger partial charge in [-0.15, -0.1) is 12.4 Å². The van der Waals surface area contributed by atoms with Gasteiger partial charge in [0, 0.05) is 5.54 Å². The molecular weight excluding hydrogens is 486 g/mol. The van der Waals surface area contributed by atoms with Crippen molar-refractivity contribution in [2.75, 3.05) is 7.11 Å². The Morgan fingerprint density at radius 1 is 0.944 bits per heavy atom. The summed E-state index contributed by atoms with van der Waals surface area (Å²) in [7, 11) is 1.49. The smallest absolute Gasteiger partial charge is 0.309 e. The molecule has 5 rings (SSSR count). The first kappa shape index (κ1) is 28.5. The Kier molecular flexibility index (Phi) is 7.86. The summed E-state index contributed by atoms with van der Waals surface area (Å²) in [6, 6.07) is 0. The summed E-state index contributed by atoms with van der Waals surface area (Å²) >= 11 is 0. The molecule has 9 heteroatoms. The van der Waals surface area contributed by atoms with E-state index in [1.165, 1.54) is 7.11 Å². The molecule has 1 aliphatic heterocycles. The number of carbonyl (C=O) groups is 1. The summed E-state index contributed by atoms with van der Waals surface area (Å²) in [5, 5.41) is 30.5. The van der Waals surface area contributed by atoms with Gasteiger partial charge >= 0.3 is 5.97 Å². The van der Waals surface area contributed by atoms with E-state index in [1.807, 2.05) is 0 Å². The highest BCUT2D eigenvalue weighted by Crippen LogP contribution is 2.68. The first-order chi connectivity index (χ1) is 16.5. The van der Waals surface area contributed by atoms with Gasteiger partial charge in [0.15, 0.2) is 6.29 Å². The number of ether oxygens (including phenoxy) is 3. The minimum atomic E-state index is -1.27. The van der Waals surface area contributed by atoms with Crippen LogP contribution in [0.25, 0.3) is 0 Å². The molecule has 0 bridgehead atoms. The molecule has 1 saturated heterocycles. The van der Waals surface area contributed by atoms with E-state index in [4.69, 9.17) is 19.9 Å². The summed E-state index contributed by atoms with van der Waals surface area (Å²) in [5.74, 6) is 1.24. The van der Waals surface area contributed by atoms with Crippen LogP contribution in [0.15, 0.2) is 0 Å². The first-order valence-corrected chi connectivity index (χ1v) is 13.7. The molecule has 0 spiro atoms. The van der Waals surface area contributed by atoms with Gasteiger partial charge in [0.2, 0.25) is 0 Å². The molecular formula is C27H46ClNO7. The lowest BCUT2D eigenvalue weighted by atomic mass is 9.42. The third-order valence-corrected chi connectivity index (χ3v) is 11.6. The zero-order valence-electron chi connectivity index (χ0n) is 22.1. The van der Waals surface area contributed by atoms with Gasteiger partial charge in [-0.3, -0.25) is 4.79 Å². The van der Waals surface area contributed by atoms with Gasteiger partial charge in [0.25, 0.3) is 0 Å². The van der Waals surface area contributed by atoms with Crippen molar-refractivity contribution in [1.29, 1.82) is 0 Å². The Morgan fingerprint density at radius 3 is 2.36 bits per heavy atom. The molecule has 36 heavy (non-hydrogen) atoms. The maximum atomic E-state index is 12.6.